The average Bonchev–Trinajstić information content (AvgIpc) is 3.39. The molecule has 4 heterocycles. The number of hydrogen-bond acceptors (Lipinski definition) is 5. The third-order valence-corrected chi connectivity index (χ3v) is 6.28. The molecule has 2 aliphatic heterocycles. The van der Waals surface area contributed by atoms with Gasteiger partial charge in [0.2, 0.25) is 5.91 Å². The fourth-order valence-corrected chi connectivity index (χ4v) is 4.63. The third-order valence-electron chi connectivity index (χ3n) is 5.60. The summed E-state index contributed by atoms with van der Waals surface area (Å²) < 4.78 is 31.7. The van der Waals surface area contributed by atoms with E-state index in [-0.39, 0.29) is 11.8 Å². The van der Waals surface area contributed by atoms with E-state index in [0.717, 1.165) is 43.5 Å². The summed E-state index contributed by atoms with van der Waals surface area (Å²) in [5, 5.41) is 10.9. The lowest BCUT2D eigenvalue weighted by Crippen LogP contribution is -2.49. The Morgan fingerprint density at radius 3 is 2.44 bits per heavy atom. The van der Waals surface area contributed by atoms with Crippen molar-refractivity contribution in [1.82, 2.24) is 14.8 Å². The minimum Gasteiger partial charge on any atom is -0.475 e. The zero-order chi connectivity index (χ0) is 23.4. The molecule has 172 valence electrons. The molecule has 0 aliphatic carbocycles. The number of carboxylic acids is 1. The second-order valence-electron chi connectivity index (χ2n) is 7.76. The Morgan fingerprint density at radius 1 is 1.16 bits per heavy atom. The molecule has 1 unspecified atom stereocenters. The van der Waals surface area contributed by atoms with Crippen LogP contribution in [0.25, 0.3) is 0 Å². The van der Waals surface area contributed by atoms with Gasteiger partial charge in [0.15, 0.2) is 0 Å². The average molecular weight is 469 g/mol. The minimum absolute atomic E-state index is 0.0562. The van der Waals surface area contributed by atoms with Gasteiger partial charge in [0.25, 0.3) is 5.91 Å². The SMILES string of the molecule is O=C(O)C(F)(F)F.O=C(c1ccsc1)N1CCCC2(CCN(Cc3ccncc3)C2=O)C1. The van der Waals surface area contributed by atoms with Crippen LogP contribution in [0.4, 0.5) is 13.2 Å². The molecule has 2 saturated heterocycles. The zero-order valence-corrected chi connectivity index (χ0v) is 17.9. The number of rotatable bonds is 3. The highest BCUT2D eigenvalue weighted by Crippen LogP contribution is 2.41. The van der Waals surface area contributed by atoms with Crippen LogP contribution in [0.15, 0.2) is 41.4 Å². The number of thiophene rings is 1. The second kappa shape index (κ2) is 9.68. The van der Waals surface area contributed by atoms with Crippen LogP contribution >= 0.6 is 11.3 Å². The first-order chi connectivity index (χ1) is 15.1. The van der Waals surface area contributed by atoms with Gasteiger partial charge in [-0.15, -0.1) is 0 Å². The lowest BCUT2D eigenvalue weighted by molar-refractivity contribution is -0.192. The number of piperidine rings is 1. The summed E-state index contributed by atoms with van der Waals surface area (Å²) in [6, 6.07) is 5.76. The summed E-state index contributed by atoms with van der Waals surface area (Å²) in [5.74, 6) is -2.50. The Morgan fingerprint density at radius 2 is 1.84 bits per heavy atom. The highest BCUT2D eigenvalue weighted by molar-refractivity contribution is 7.08. The fourth-order valence-electron chi connectivity index (χ4n) is 4.00. The molecule has 7 nitrogen and oxygen atoms in total. The molecule has 2 fully saturated rings. The molecule has 1 spiro atoms. The summed E-state index contributed by atoms with van der Waals surface area (Å²) in [5.41, 5.74) is 1.44. The van der Waals surface area contributed by atoms with E-state index in [2.05, 4.69) is 4.98 Å². The van der Waals surface area contributed by atoms with Crippen LogP contribution in [0.2, 0.25) is 0 Å². The molecule has 2 aromatic rings. The highest BCUT2D eigenvalue weighted by atomic mass is 32.1. The zero-order valence-electron chi connectivity index (χ0n) is 17.0. The van der Waals surface area contributed by atoms with Crippen LogP contribution in [0.3, 0.4) is 0 Å². The number of carbonyl (C=O) groups excluding carboxylic acids is 2. The van der Waals surface area contributed by atoms with Crippen molar-refractivity contribution in [1.29, 1.82) is 0 Å². The first kappa shape index (κ1) is 23.7. The van der Waals surface area contributed by atoms with E-state index < -0.39 is 17.6 Å². The lowest BCUT2D eigenvalue weighted by atomic mass is 9.78. The maximum absolute atomic E-state index is 13.1. The number of pyridine rings is 1. The van der Waals surface area contributed by atoms with Crippen molar-refractivity contribution in [3.63, 3.8) is 0 Å². The highest BCUT2D eigenvalue weighted by Gasteiger charge is 2.49. The summed E-state index contributed by atoms with van der Waals surface area (Å²) >= 11 is 1.53. The molecule has 2 aromatic heterocycles. The van der Waals surface area contributed by atoms with Crippen molar-refractivity contribution >= 4 is 29.1 Å². The fraction of sp³-hybridized carbons (Fsp3) is 0.429. The van der Waals surface area contributed by atoms with E-state index in [9.17, 15) is 22.8 Å². The predicted octanol–water partition coefficient (Wildman–Crippen LogP) is 3.43. The number of carbonyl (C=O) groups is 3. The van der Waals surface area contributed by atoms with Crippen molar-refractivity contribution in [3.05, 3.63) is 52.5 Å². The van der Waals surface area contributed by atoms with Gasteiger partial charge in [0.1, 0.15) is 0 Å². The molecule has 4 rings (SSSR count). The maximum Gasteiger partial charge on any atom is 0.490 e. The number of alkyl halides is 3. The van der Waals surface area contributed by atoms with Gasteiger partial charge in [-0.05, 0) is 48.4 Å². The molecule has 2 aliphatic rings. The molecule has 1 N–H and O–H groups in total. The normalized spacial score (nSPS) is 20.8. The van der Waals surface area contributed by atoms with Crippen LogP contribution in [-0.4, -0.2) is 63.5 Å². The van der Waals surface area contributed by atoms with E-state index in [1.807, 2.05) is 38.8 Å². The molecule has 0 radical (unpaired) electrons. The standard InChI is InChI=1S/C19H21N3O2S.C2HF3O2/c23-17(16-4-11-25-13-16)22-9-1-5-19(14-22)6-10-21(18(19)24)12-15-2-7-20-8-3-15;3-2(4,5)1(6)7/h2-4,7-8,11,13H,1,5-6,9-10,12,14H2;(H,6,7). The number of halogens is 3. The number of aliphatic carboxylic acids is 1. The summed E-state index contributed by atoms with van der Waals surface area (Å²) in [6.45, 7) is 2.69. The van der Waals surface area contributed by atoms with Crippen molar-refractivity contribution in [2.45, 2.75) is 32.0 Å². The van der Waals surface area contributed by atoms with E-state index in [1.54, 1.807) is 12.4 Å². The number of likely N-dealkylation sites (tertiary alicyclic amines) is 2. The van der Waals surface area contributed by atoms with Crippen LogP contribution in [-0.2, 0) is 16.1 Å². The molecule has 11 heteroatoms. The van der Waals surface area contributed by atoms with Crippen LogP contribution in [0.5, 0.6) is 0 Å². The van der Waals surface area contributed by atoms with Gasteiger partial charge in [-0.3, -0.25) is 14.6 Å². The Bertz CT molecular complexity index is 953. The van der Waals surface area contributed by atoms with Crippen molar-refractivity contribution in [2.24, 2.45) is 5.41 Å². The van der Waals surface area contributed by atoms with Gasteiger partial charge in [-0.25, -0.2) is 4.79 Å². The number of aromatic nitrogens is 1. The van der Waals surface area contributed by atoms with Crippen molar-refractivity contribution < 1.29 is 32.7 Å². The van der Waals surface area contributed by atoms with Crippen LogP contribution < -0.4 is 0 Å². The number of carboxylic acid groups (broad SMARTS) is 1. The molecular weight excluding hydrogens is 447 g/mol. The Kier molecular flexibility index (Phi) is 7.17. The lowest BCUT2D eigenvalue weighted by Gasteiger charge is -2.39. The van der Waals surface area contributed by atoms with Gasteiger partial charge >= 0.3 is 12.1 Å². The van der Waals surface area contributed by atoms with Gasteiger partial charge in [0, 0.05) is 44.0 Å². The first-order valence-electron chi connectivity index (χ1n) is 9.92. The minimum atomic E-state index is -5.08. The Hall–Kier alpha value is -2.95. The molecular formula is C21H22F3N3O4S. The Labute approximate surface area is 186 Å². The molecule has 32 heavy (non-hydrogen) atoms. The van der Waals surface area contributed by atoms with E-state index >= 15 is 0 Å². The largest absolute Gasteiger partial charge is 0.490 e. The molecule has 2 amide bonds. The summed E-state index contributed by atoms with van der Waals surface area (Å²) in [4.78, 5) is 42.5. The summed E-state index contributed by atoms with van der Waals surface area (Å²) in [7, 11) is 0. The molecule has 0 aromatic carbocycles. The van der Waals surface area contributed by atoms with Crippen LogP contribution in [0.1, 0.15) is 35.2 Å². The van der Waals surface area contributed by atoms with Gasteiger partial charge in [-0.2, -0.15) is 24.5 Å². The topological polar surface area (TPSA) is 90.8 Å². The van der Waals surface area contributed by atoms with Gasteiger partial charge < -0.3 is 14.9 Å². The van der Waals surface area contributed by atoms with E-state index in [0.29, 0.717) is 13.1 Å². The van der Waals surface area contributed by atoms with Crippen LogP contribution in [0, 0.1) is 5.41 Å². The Balaban J connectivity index is 0.000000360. The van der Waals surface area contributed by atoms with Crippen molar-refractivity contribution in [2.75, 3.05) is 19.6 Å². The summed E-state index contributed by atoms with van der Waals surface area (Å²) in [6.07, 6.45) is 1.04. The molecule has 0 saturated carbocycles. The number of nitrogens with zero attached hydrogens (tertiary/aromatic N) is 3. The first-order valence-corrected chi connectivity index (χ1v) is 10.9. The van der Waals surface area contributed by atoms with Gasteiger partial charge in [-0.1, -0.05) is 0 Å². The molecule has 0 bridgehead atoms. The maximum atomic E-state index is 13.1. The number of amides is 2. The van der Waals surface area contributed by atoms with E-state index in [4.69, 9.17) is 9.90 Å². The van der Waals surface area contributed by atoms with Gasteiger partial charge in [0.05, 0.1) is 11.0 Å². The quantitative estimate of drug-likeness (QED) is 0.744. The molecule has 1 atom stereocenters. The smallest absolute Gasteiger partial charge is 0.475 e. The third kappa shape index (κ3) is 5.45. The van der Waals surface area contributed by atoms with E-state index in [1.165, 1.54) is 11.3 Å². The van der Waals surface area contributed by atoms with Crippen molar-refractivity contribution in [3.8, 4) is 0 Å². The predicted molar refractivity (Wildman–Crippen MR) is 110 cm³/mol. The second-order valence-corrected chi connectivity index (χ2v) is 8.54. The number of hydrogen-bond donors (Lipinski definition) is 1. The monoisotopic (exact) mass is 469 g/mol.